The molecule has 0 amide bonds. The number of piperazine rings is 1. The molecule has 1 aromatic heterocycles. The first-order valence-electron chi connectivity index (χ1n) is 10.5. The smallest absolute Gasteiger partial charge is 0.225 e. The number of benzene rings is 1. The summed E-state index contributed by atoms with van der Waals surface area (Å²) in [5.74, 6) is 1.87. The fourth-order valence-electron chi connectivity index (χ4n) is 4.81. The number of ether oxygens (including phenoxy) is 1. The average Bonchev–Trinajstić information content (AvgIpc) is 3.04. The second-order valence-electron chi connectivity index (χ2n) is 8.37. The van der Waals surface area contributed by atoms with Crippen LogP contribution in [0.1, 0.15) is 24.8 Å². The van der Waals surface area contributed by atoms with Crippen molar-refractivity contribution in [3.8, 4) is 5.75 Å². The normalized spacial score (nSPS) is 27.7. The van der Waals surface area contributed by atoms with Gasteiger partial charge in [0.25, 0.3) is 0 Å². The Bertz CT molecular complexity index is 771. The van der Waals surface area contributed by atoms with Crippen molar-refractivity contribution < 1.29 is 4.74 Å². The molecule has 3 aliphatic heterocycles. The number of nitrogens with zero attached hydrogens (tertiary/aromatic N) is 5. The zero-order valence-corrected chi connectivity index (χ0v) is 16.5. The summed E-state index contributed by atoms with van der Waals surface area (Å²) in [4.78, 5) is 16.0. The number of anilines is 1. The van der Waals surface area contributed by atoms with Gasteiger partial charge in [-0.15, -0.1) is 0 Å². The summed E-state index contributed by atoms with van der Waals surface area (Å²) in [6.45, 7) is 8.55. The molecule has 0 aliphatic carbocycles. The molecule has 1 unspecified atom stereocenters. The average molecular weight is 380 g/mol. The summed E-state index contributed by atoms with van der Waals surface area (Å²) in [5.41, 5.74) is 1.42. The lowest BCUT2D eigenvalue weighted by Crippen LogP contribution is -2.46. The van der Waals surface area contributed by atoms with Crippen LogP contribution in [0.4, 0.5) is 5.95 Å². The molecule has 28 heavy (non-hydrogen) atoms. The largest absolute Gasteiger partial charge is 0.486 e. The molecule has 3 aliphatic rings. The Hall–Kier alpha value is -2.18. The van der Waals surface area contributed by atoms with E-state index in [2.05, 4.69) is 48.9 Å². The van der Waals surface area contributed by atoms with Gasteiger partial charge in [-0.05, 0) is 43.1 Å². The highest BCUT2D eigenvalue weighted by molar-refractivity contribution is 5.30. The van der Waals surface area contributed by atoms with Gasteiger partial charge in [0.05, 0.1) is 0 Å². The SMILES string of the molecule is c1cnc(N2CCN(Cc3ccc(O[C@]45CCCN(CC4)C5)cc3)CC2)nc1. The van der Waals surface area contributed by atoms with E-state index in [1.807, 2.05) is 18.5 Å². The third-order valence-electron chi connectivity index (χ3n) is 6.37. The molecule has 148 valence electrons. The topological polar surface area (TPSA) is 44.7 Å². The van der Waals surface area contributed by atoms with Crippen LogP contribution in [-0.4, -0.2) is 71.2 Å². The third kappa shape index (κ3) is 3.84. The van der Waals surface area contributed by atoms with Gasteiger partial charge in [0.15, 0.2) is 0 Å². The number of hydrogen-bond donors (Lipinski definition) is 0. The van der Waals surface area contributed by atoms with Crippen molar-refractivity contribution >= 4 is 5.95 Å². The quantitative estimate of drug-likeness (QED) is 0.795. The number of rotatable bonds is 5. The van der Waals surface area contributed by atoms with E-state index in [1.54, 1.807) is 0 Å². The molecular weight excluding hydrogens is 350 g/mol. The molecule has 6 nitrogen and oxygen atoms in total. The van der Waals surface area contributed by atoms with Gasteiger partial charge < -0.3 is 9.64 Å². The van der Waals surface area contributed by atoms with Crippen LogP contribution >= 0.6 is 0 Å². The minimum absolute atomic E-state index is 0.0651. The summed E-state index contributed by atoms with van der Waals surface area (Å²) >= 11 is 0. The monoisotopic (exact) mass is 379 g/mol. The standard InChI is InChI=1S/C22H29N5O/c1-7-22(8-12-26(11-1)18-22)28-20-5-3-19(4-6-20)17-25-13-15-27(16-14-25)21-23-9-2-10-24-21/h2-6,9-10H,1,7-8,11-18H2/t22-/m1/s1. The summed E-state index contributed by atoms with van der Waals surface area (Å²) < 4.78 is 6.47. The van der Waals surface area contributed by atoms with Crippen LogP contribution in [0.2, 0.25) is 0 Å². The van der Waals surface area contributed by atoms with Crippen molar-refractivity contribution in [3.63, 3.8) is 0 Å². The summed E-state index contributed by atoms with van der Waals surface area (Å²) in [6, 6.07) is 10.6. The fourth-order valence-corrected chi connectivity index (χ4v) is 4.81. The summed E-state index contributed by atoms with van der Waals surface area (Å²) in [6.07, 6.45) is 7.26. The highest BCUT2D eigenvalue weighted by Gasteiger charge is 2.42. The van der Waals surface area contributed by atoms with Gasteiger partial charge >= 0.3 is 0 Å². The third-order valence-corrected chi connectivity index (χ3v) is 6.37. The maximum Gasteiger partial charge on any atom is 0.225 e. The predicted molar refractivity (Wildman–Crippen MR) is 110 cm³/mol. The number of aromatic nitrogens is 2. The van der Waals surface area contributed by atoms with Gasteiger partial charge in [-0.25, -0.2) is 9.97 Å². The van der Waals surface area contributed by atoms with Gasteiger partial charge in [0.2, 0.25) is 5.95 Å². The minimum atomic E-state index is 0.0651. The molecule has 0 spiro atoms. The number of fused-ring (bicyclic) bond motifs is 2. The number of piperidine rings is 1. The van der Waals surface area contributed by atoms with E-state index in [-0.39, 0.29) is 5.60 Å². The Labute approximate surface area is 167 Å². The van der Waals surface area contributed by atoms with Gasteiger partial charge in [0.1, 0.15) is 11.4 Å². The molecule has 4 heterocycles. The molecule has 3 saturated heterocycles. The first kappa shape index (κ1) is 17.9. The van der Waals surface area contributed by atoms with E-state index in [0.717, 1.165) is 51.0 Å². The van der Waals surface area contributed by atoms with Crippen molar-refractivity contribution in [2.24, 2.45) is 0 Å². The van der Waals surface area contributed by atoms with Gasteiger partial charge in [0, 0.05) is 64.6 Å². The molecule has 2 aromatic rings. The molecule has 6 heteroatoms. The van der Waals surface area contributed by atoms with Crippen molar-refractivity contribution in [2.45, 2.75) is 31.4 Å². The second-order valence-corrected chi connectivity index (χ2v) is 8.37. The number of hydrogen-bond acceptors (Lipinski definition) is 6. The van der Waals surface area contributed by atoms with E-state index < -0.39 is 0 Å². The molecular formula is C22H29N5O. The lowest BCUT2D eigenvalue weighted by molar-refractivity contribution is 0.0452. The molecule has 3 fully saturated rings. The van der Waals surface area contributed by atoms with Crippen LogP contribution in [0, 0.1) is 0 Å². The zero-order valence-electron chi connectivity index (χ0n) is 16.5. The molecule has 0 saturated carbocycles. The lowest BCUT2D eigenvalue weighted by Gasteiger charge is -2.35. The van der Waals surface area contributed by atoms with Crippen LogP contribution in [0.25, 0.3) is 0 Å². The Kier molecular flexibility index (Phi) is 4.91. The van der Waals surface area contributed by atoms with Gasteiger partial charge in [-0.3, -0.25) is 9.80 Å². The van der Waals surface area contributed by atoms with Crippen LogP contribution in [0.3, 0.4) is 0 Å². The van der Waals surface area contributed by atoms with Crippen LogP contribution in [0.15, 0.2) is 42.7 Å². The highest BCUT2D eigenvalue weighted by Crippen LogP contribution is 2.35. The van der Waals surface area contributed by atoms with Gasteiger partial charge in [-0.1, -0.05) is 12.1 Å². The van der Waals surface area contributed by atoms with Gasteiger partial charge in [-0.2, -0.15) is 0 Å². The summed E-state index contributed by atoms with van der Waals surface area (Å²) in [5, 5.41) is 0. The van der Waals surface area contributed by atoms with E-state index in [0.29, 0.717) is 0 Å². The maximum atomic E-state index is 6.47. The minimum Gasteiger partial charge on any atom is -0.486 e. The first-order chi connectivity index (χ1) is 13.8. The van der Waals surface area contributed by atoms with Crippen molar-refractivity contribution in [3.05, 3.63) is 48.3 Å². The lowest BCUT2D eigenvalue weighted by atomic mass is 9.94. The molecule has 2 atom stereocenters. The fraction of sp³-hybridized carbons (Fsp3) is 0.545. The molecule has 2 bridgehead atoms. The highest BCUT2D eigenvalue weighted by atomic mass is 16.5. The van der Waals surface area contributed by atoms with Crippen molar-refractivity contribution in [1.29, 1.82) is 0 Å². The van der Waals surface area contributed by atoms with Crippen LogP contribution in [0.5, 0.6) is 5.75 Å². The van der Waals surface area contributed by atoms with E-state index in [4.69, 9.17) is 4.74 Å². The predicted octanol–water partition coefficient (Wildman–Crippen LogP) is 2.42. The first-order valence-corrected chi connectivity index (χ1v) is 10.5. The molecule has 0 radical (unpaired) electrons. The second kappa shape index (κ2) is 7.68. The van der Waals surface area contributed by atoms with E-state index >= 15 is 0 Å². The van der Waals surface area contributed by atoms with Crippen LogP contribution < -0.4 is 9.64 Å². The Balaban J connectivity index is 1.14. The van der Waals surface area contributed by atoms with Crippen LogP contribution in [-0.2, 0) is 6.54 Å². The van der Waals surface area contributed by atoms with Crippen molar-refractivity contribution in [1.82, 2.24) is 19.8 Å². The maximum absolute atomic E-state index is 6.47. The van der Waals surface area contributed by atoms with Crippen molar-refractivity contribution in [2.75, 3.05) is 50.7 Å². The molecule has 5 rings (SSSR count). The Morgan fingerprint density at radius 3 is 2.46 bits per heavy atom. The molecule has 1 aromatic carbocycles. The Morgan fingerprint density at radius 2 is 1.68 bits per heavy atom. The summed E-state index contributed by atoms with van der Waals surface area (Å²) in [7, 11) is 0. The Morgan fingerprint density at radius 1 is 0.893 bits per heavy atom. The van der Waals surface area contributed by atoms with E-state index in [9.17, 15) is 0 Å². The molecule has 0 N–H and O–H groups in total. The zero-order chi connectivity index (χ0) is 18.8. The van der Waals surface area contributed by atoms with E-state index in [1.165, 1.54) is 37.9 Å².